The van der Waals surface area contributed by atoms with Crippen LogP contribution in [0, 0.1) is 17.1 Å². The van der Waals surface area contributed by atoms with Crippen LogP contribution in [-0.4, -0.2) is 19.7 Å². The summed E-state index contributed by atoms with van der Waals surface area (Å²) in [5, 5.41) is 9.66. The van der Waals surface area contributed by atoms with Gasteiger partial charge in [-0.05, 0) is 53.3 Å². The number of carbonyl (C=O) groups excluding carboxylic acids is 1. The van der Waals surface area contributed by atoms with E-state index in [1.54, 1.807) is 18.2 Å². The first-order valence-corrected chi connectivity index (χ1v) is 11.4. The van der Waals surface area contributed by atoms with Crippen molar-refractivity contribution in [2.45, 2.75) is 37.7 Å². The molecule has 1 aliphatic carbocycles. The Morgan fingerprint density at radius 2 is 2.00 bits per heavy atom. The summed E-state index contributed by atoms with van der Waals surface area (Å²) in [6.45, 7) is 0.441. The van der Waals surface area contributed by atoms with Crippen molar-refractivity contribution in [3.8, 4) is 17.6 Å². The SMILES string of the molecule is COC(=O)C[C@@H]1COc2cc(O[C@@H]3CCc4c3ccc(C#N)c4Cc3ccccc3F)ccc21. The molecule has 3 aromatic rings. The van der Waals surface area contributed by atoms with Gasteiger partial charge in [-0.3, -0.25) is 4.79 Å². The third kappa shape index (κ3) is 4.10. The van der Waals surface area contributed by atoms with Crippen molar-refractivity contribution in [1.82, 2.24) is 0 Å². The minimum atomic E-state index is -0.265. The first-order valence-electron chi connectivity index (χ1n) is 11.4. The summed E-state index contributed by atoms with van der Waals surface area (Å²) in [5.74, 6) is 0.875. The second-order valence-corrected chi connectivity index (χ2v) is 8.67. The summed E-state index contributed by atoms with van der Waals surface area (Å²) in [4.78, 5) is 11.7. The predicted molar refractivity (Wildman–Crippen MR) is 123 cm³/mol. The molecule has 0 radical (unpaired) electrons. The van der Waals surface area contributed by atoms with Gasteiger partial charge >= 0.3 is 5.97 Å². The Morgan fingerprint density at radius 3 is 2.79 bits per heavy atom. The summed E-state index contributed by atoms with van der Waals surface area (Å²) in [6, 6.07) is 18.4. The number of rotatable bonds is 6. The van der Waals surface area contributed by atoms with Crippen molar-refractivity contribution in [3.05, 3.63) is 93.8 Å². The molecule has 5 rings (SSSR count). The van der Waals surface area contributed by atoms with E-state index in [4.69, 9.17) is 14.2 Å². The number of nitriles is 1. The van der Waals surface area contributed by atoms with Gasteiger partial charge in [0.25, 0.3) is 0 Å². The summed E-state index contributed by atoms with van der Waals surface area (Å²) >= 11 is 0. The first kappa shape index (κ1) is 22.0. The average Bonchev–Trinajstić information content (AvgIpc) is 3.44. The number of nitrogens with zero attached hydrogens (tertiary/aromatic N) is 1. The molecule has 0 spiro atoms. The average molecular weight is 458 g/mol. The lowest BCUT2D eigenvalue weighted by Gasteiger charge is -2.17. The molecule has 2 atom stereocenters. The van der Waals surface area contributed by atoms with Crippen molar-refractivity contribution in [2.24, 2.45) is 0 Å². The Hall–Kier alpha value is -3.85. The fourth-order valence-electron chi connectivity index (χ4n) is 4.95. The van der Waals surface area contributed by atoms with E-state index in [0.29, 0.717) is 29.9 Å². The number of carbonyl (C=O) groups is 1. The first-order chi connectivity index (χ1) is 16.6. The Morgan fingerprint density at radius 1 is 1.18 bits per heavy atom. The van der Waals surface area contributed by atoms with E-state index in [9.17, 15) is 14.4 Å². The van der Waals surface area contributed by atoms with Gasteiger partial charge in [0.05, 0.1) is 31.8 Å². The Labute approximate surface area is 197 Å². The molecule has 1 heterocycles. The van der Waals surface area contributed by atoms with Crippen LogP contribution in [0.25, 0.3) is 0 Å². The van der Waals surface area contributed by atoms with Crippen LogP contribution in [-0.2, 0) is 22.4 Å². The highest BCUT2D eigenvalue weighted by molar-refractivity contribution is 5.71. The van der Waals surface area contributed by atoms with Gasteiger partial charge in [0.1, 0.15) is 23.4 Å². The largest absolute Gasteiger partial charge is 0.492 e. The number of hydrogen-bond acceptors (Lipinski definition) is 5. The number of halogens is 1. The number of esters is 1. The van der Waals surface area contributed by atoms with Crippen LogP contribution in [0.5, 0.6) is 11.5 Å². The molecule has 0 N–H and O–H groups in total. The third-order valence-electron chi connectivity index (χ3n) is 6.70. The van der Waals surface area contributed by atoms with E-state index in [0.717, 1.165) is 40.8 Å². The molecule has 0 bridgehead atoms. The highest BCUT2D eigenvalue weighted by Gasteiger charge is 2.30. The summed E-state index contributed by atoms with van der Waals surface area (Å²) in [6.07, 6.45) is 2.04. The van der Waals surface area contributed by atoms with Gasteiger partial charge in [0.15, 0.2) is 0 Å². The second kappa shape index (κ2) is 9.18. The fourth-order valence-corrected chi connectivity index (χ4v) is 4.95. The lowest BCUT2D eigenvalue weighted by Crippen LogP contribution is -2.09. The van der Waals surface area contributed by atoms with Gasteiger partial charge in [0, 0.05) is 24.0 Å². The molecule has 0 aromatic heterocycles. The van der Waals surface area contributed by atoms with E-state index >= 15 is 0 Å². The Bertz CT molecular complexity index is 1300. The number of fused-ring (bicyclic) bond motifs is 2. The molecular formula is C28H24FNO4. The summed E-state index contributed by atoms with van der Waals surface area (Å²) in [5.41, 5.74) is 5.12. The second-order valence-electron chi connectivity index (χ2n) is 8.67. The van der Waals surface area contributed by atoms with Gasteiger partial charge in [-0.25, -0.2) is 4.39 Å². The fraction of sp³-hybridized carbons (Fsp3) is 0.286. The quantitative estimate of drug-likeness (QED) is 0.464. The molecule has 0 saturated heterocycles. The lowest BCUT2D eigenvalue weighted by molar-refractivity contribution is -0.141. The van der Waals surface area contributed by atoms with Crippen LogP contribution in [0.3, 0.4) is 0 Å². The van der Waals surface area contributed by atoms with Gasteiger partial charge in [-0.1, -0.05) is 30.3 Å². The normalized spacial score (nSPS) is 17.9. The maximum Gasteiger partial charge on any atom is 0.306 e. The number of hydrogen-bond donors (Lipinski definition) is 0. The highest BCUT2D eigenvalue weighted by atomic mass is 19.1. The van der Waals surface area contributed by atoms with E-state index < -0.39 is 0 Å². The molecule has 172 valence electrons. The molecule has 0 unspecified atom stereocenters. The molecule has 0 fully saturated rings. The van der Waals surface area contributed by atoms with Crippen LogP contribution in [0.1, 0.15) is 58.2 Å². The van der Waals surface area contributed by atoms with Gasteiger partial charge in [-0.15, -0.1) is 0 Å². The van der Waals surface area contributed by atoms with Crippen LogP contribution in [0.2, 0.25) is 0 Å². The van der Waals surface area contributed by atoms with Crippen molar-refractivity contribution in [2.75, 3.05) is 13.7 Å². The Balaban J connectivity index is 1.38. The molecule has 5 nitrogen and oxygen atoms in total. The molecule has 3 aromatic carbocycles. The monoisotopic (exact) mass is 457 g/mol. The standard InChI is InChI=1S/C28H24FNO4/c1-32-28(31)13-19-16-33-27-14-20(7-9-21(19)27)34-26-11-10-22-23(26)8-6-18(15-30)24(22)12-17-4-2-3-5-25(17)29/h2-9,14,19,26H,10-13,16H2,1H3/t19-,26-/m1/s1. The summed E-state index contributed by atoms with van der Waals surface area (Å²) < 4.78 is 31.2. The number of ether oxygens (including phenoxy) is 3. The predicted octanol–water partition coefficient (Wildman–Crippen LogP) is 5.39. The maximum atomic E-state index is 14.3. The van der Waals surface area contributed by atoms with E-state index in [-0.39, 0.29) is 30.2 Å². The van der Waals surface area contributed by atoms with Gasteiger partial charge < -0.3 is 14.2 Å². The van der Waals surface area contributed by atoms with Crippen LogP contribution in [0.4, 0.5) is 4.39 Å². The van der Waals surface area contributed by atoms with Gasteiger partial charge in [-0.2, -0.15) is 5.26 Å². The molecule has 0 amide bonds. The highest BCUT2D eigenvalue weighted by Crippen LogP contribution is 2.42. The van der Waals surface area contributed by atoms with Crippen molar-refractivity contribution in [3.63, 3.8) is 0 Å². The Kier molecular flexibility index (Phi) is 5.93. The zero-order valence-corrected chi connectivity index (χ0v) is 18.8. The third-order valence-corrected chi connectivity index (χ3v) is 6.70. The lowest BCUT2D eigenvalue weighted by atomic mass is 9.92. The minimum absolute atomic E-state index is 0.0194. The maximum absolute atomic E-state index is 14.3. The van der Waals surface area contributed by atoms with Gasteiger partial charge in [0.2, 0.25) is 0 Å². The molecular weight excluding hydrogens is 433 g/mol. The summed E-state index contributed by atoms with van der Waals surface area (Å²) in [7, 11) is 1.39. The molecule has 0 saturated carbocycles. The molecule has 6 heteroatoms. The van der Waals surface area contributed by atoms with Crippen LogP contribution in [0.15, 0.2) is 54.6 Å². The number of methoxy groups -OCH3 is 1. The van der Waals surface area contributed by atoms with Crippen LogP contribution >= 0.6 is 0 Å². The van der Waals surface area contributed by atoms with Crippen LogP contribution < -0.4 is 9.47 Å². The van der Waals surface area contributed by atoms with E-state index in [1.165, 1.54) is 13.2 Å². The molecule has 34 heavy (non-hydrogen) atoms. The van der Waals surface area contributed by atoms with Crippen molar-refractivity contribution >= 4 is 5.97 Å². The zero-order valence-electron chi connectivity index (χ0n) is 18.8. The molecule has 2 aliphatic rings. The zero-order chi connectivity index (χ0) is 23.7. The number of benzene rings is 3. The smallest absolute Gasteiger partial charge is 0.306 e. The van der Waals surface area contributed by atoms with Crippen molar-refractivity contribution < 1.29 is 23.4 Å². The minimum Gasteiger partial charge on any atom is -0.492 e. The topological polar surface area (TPSA) is 68.6 Å². The van der Waals surface area contributed by atoms with E-state index in [1.807, 2.05) is 30.3 Å². The van der Waals surface area contributed by atoms with E-state index in [2.05, 4.69) is 6.07 Å². The molecule has 1 aliphatic heterocycles. The van der Waals surface area contributed by atoms with Crippen molar-refractivity contribution in [1.29, 1.82) is 5.26 Å².